The highest BCUT2D eigenvalue weighted by Gasteiger charge is 2.05. The highest BCUT2D eigenvalue weighted by molar-refractivity contribution is 5.95. The SMILES string of the molecule is CN.O=C(CCCCCCC(=O)c1ccccc1)Nc1ccccc1. The lowest BCUT2D eigenvalue weighted by Gasteiger charge is -2.05. The Balaban J connectivity index is 0.00000151. The molecule has 0 aliphatic heterocycles. The Kier molecular flexibility index (Phi) is 10.6. The molecule has 4 heteroatoms. The second kappa shape index (κ2) is 12.9. The number of amides is 1. The van der Waals surface area contributed by atoms with E-state index in [2.05, 4.69) is 11.1 Å². The number of anilines is 1. The summed E-state index contributed by atoms with van der Waals surface area (Å²) in [4.78, 5) is 23.7. The zero-order chi connectivity index (χ0) is 18.3. The number of benzene rings is 2. The molecule has 134 valence electrons. The molecule has 2 rings (SSSR count). The normalized spacial score (nSPS) is 9.68. The van der Waals surface area contributed by atoms with Crippen LogP contribution in [0.1, 0.15) is 48.9 Å². The van der Waals surface area contributed by atoms with Gasteiger partial charge < -0.3 is 11.1 Å². The van der Waals surface area contributed by atoms with E-state index in [4.69, 9.17) is 0 Å². The molecule has 1 amide bonds. The number of unbranched alkanes of at least 4 members (excludes halogenated alkanes) is 3. The molecule has 3 N–H and O–H groups in total. The van der Waals surface area contributed by atoms with Crippen LogP contribution in [0, 0.1) is 0 Å². The van der Waals surface area contributed by atoms with Gasteiger partial charge in [0, 0.05) is 24.1 Å². The molecule has 0 aromatic heterocycles. The third-order valence-corrected chi connectivity index (χ3v) is 3.71. The molecule has 0 atom stereocenters. The van der Waals surface area contributed by atoms with Gasteiger partial charge >= 0.3 is 0 Å². The molecule has 4 nitrogen and oxygen atoms in total. The number of rotatable bonds is 9. The highest BCUT2D eigenvalue weighted by Crippen LogP contribution is 2.11. The van der Waals surface area contributed by atoms with Crippen LogP contribution >= 0.6 is 0 Å². The second-order valence-corrected chi connectivity index (χ2v) is 5.62. The average Bonchev–Trinajstić information content (AvgIpc) is 2.67. The third-order valence-electron chi connectivity index (χ3n) is 3.71. The number of nitrogens with two attached hydrogens (primary N) is 1. The van der Waals surface area contributed by atoms with Gasteiger partial charge in [-0.3, -0.25) is 9.59 Å². The predicted octanol–water partition coefficient (Wildman–Crippen LogP) is 4.42. The van der Waals surface area contributed by atoms with Crippen molar-refractivity contribution in [2.24, 2.45) is 5.73 Å². The smallest absolute Gasteiger partial charge is 0.224 e. The summed E-state index contributed by atoms with van der Waals surface area (Å²) < 4.78 is 0. The fraction of sp³-hybridized carbons (Fsp3) is 0.333. The molecule has 0 unspecified atom stereocenters. The van der Waals surface area contributed by atoms with Crippen LogP contribution in [0.2, 0.25) is 0 Å². The maximum absolute atomic E-state index is 11.9. The summed E-state index contributed by atoms with van der Waals surface area (Å²) in [6.07, 6.45) is 4.81. The van der Waals surface area contributed by atoms with E-state index < -0.39 is 0 Å². The largest absolute Gasteiger partial charge is 0.333 e. The monoisotopic (exact) mass is 340 g/mol. The molecule has 0 fully saturated rings. The standard InChI is InChI=1S/C20H23NO2.CH5N/c22-19(17-11-5-3-6-12-17)15-9-1-2-10-16-20(23)21-18-13-7-4-8-14-18;1-2/h3-8,11-14H,1-2,9-10,15-16H2,(H,21,23);2H2,1H3. The molecule has 0 radical (unpaired) electrons. The van der Waals surface area contributed by atoms with E-state index in [0.29, 0.717) is 12.8 Å². The van der Waals surface area contributed by atoms with Crippen LogP contribution in [-0.4, -0.2) is 18.7 Å². The summed E-state index contributed by atoms with van der Waals surface area (Å²) in [5.74, 6) is 0.254. The number of hydrogen-bond donors (Lipinski definition) is 2. The van der Waals surface area contributed by atoms with Gasteiger partial charge in [-0.2, -0.15) is 0 Å². The number of para-hydroxylation sites is 1. The number of carbonyl (C=O) groups is 2. The lowest BCUT2D eigenvalue weighted by Crippen LogP contribution is -2.10. The highest BCUT2D eigenvalue weighted by atomic mass is 16.1. The molecule has 0 spiro atoms. The number of nitrogens with one attached hydrogen (secondary N) is 1. The van der Waals surface area contributed by atoms with Gasteiger partial charge in [-0.25, -0.2) is 0 Å². The molecule has 0 aliphatic carbocycles. The first kappa shape index (κ1) is 20.6. The van der Waals surface area contributed by atoms with Crippen molar-refractivity contribution in [1.29, 1.82) is 0 Å². The lowest BCUT2D eigenvalue weighted by atomic mass is 10.0. The van der Waals surface area contributed by atoms with Gasteiger partial charge in [0.15, 0.2) is 5.78 Å². The molecule has 0 heterocycles. The summed E-state index contributed by atoms with van der Waals surface area (Å²) in [6.45, 7) is 0. The van der Waals surface area contributed by atoms with Gasteiger partial charge in [-0.15, -0.1) is 0 Å². The second-order valence-electron chi connectivity index (χ2n) is 5.62. The summed E-state index contributed by atoms with van der Waals surface area (Å²) >= 11 is 0. The average molecular weight is 340 g/mol. The van der Waals surface area contributed by atoms with Crippen molar-refractivity contribution in [2.45, 2.75) is 38.5 Å². The van der Waals surface area contributed by atoms with Crippen molar-refractivity contribution < 1.29 is 9.59 Å². The first-order chi connectivity index (χ1) is 12.3. The van der Waals surface area contributed by atoms with E-state index in [1.54, 1.807) is 0 Å². The molecule has 0 bridgehead atoms. The number of carbonyl (C=O) groups excluding carboxylic acids is 2. The minimum atomic E-state index is 0.0524. The molecule has 25 heavy (non-hydrogen) atoms. The van der Waals surface area contributed by atoms with Crippen LogP contribution in [0.15, 0.2) is 60.7 Å². The van der Waals surface area contributed by atoms with Gasteiger partial charge in [0.25, 0.3) is 0 Å². The maximum Gasteiger partial charge on any atom is 0.224 e. The molecule has 0 saturated heterocycles. The van der Waals surface area contributed by atoms with Crippen molar-refractivity contribution in [3.63, 3.8) is 0 Å². The summed E-state index contributed by atoms with van der Waals surface area (Å²) in [6, 6.07) is 18.9. The Bertz CT molecular complexity index is 612. The van der Waals surface area contributed by atoms with E-state index in [0.717, 1.165) is 36.9 Å². The number of ketones is 1. The molecule has 2 aromatic carbocycles. The Morgan fingerprint density at radius 3 is 1.88 bits per heavy atom. The van der Waals surface area contributed by atoms with E-state index in [-0.39, 0.29) is 11.7 Å². The van der Waals surface area contributed by atoms with Crippen molar-refractivity contribution in [2.75, 3.05) is 12.4 Å². The van der Waals surface area contributed by atoms with Crippen molar-refractivity contribution in [3.8, 4) is 0 Å². The van der Waals surface area contributed by atoms with Crippen molar-refractivity contribution in [1.82, 2.24) is 0 Å². The third kappa shape index (κ3) is 8.82. The van der Waals surface area contributed by atoms with Crippen molar-refractivity contribution in [3.05, 3.63) is 66.2 Å². The molecule has 2 aromatic rings. The minimum absolute atomic E-state index is 0.0524. The van der Waals surface area contributed by atoms with Crippen molar-refractivity contribution >= 4 is 17.4 Å². The van der Waals surface area contributed by atoms with Crippen LogP contribution in [-0.2, 0) is 4.79 Å². The Morgan fingerprint density at radius 2 is 1.28 bits per heavy atom. The number of hydrogen-bond acceptors (Lipinski definition) is 3. The molecule has 0 aliphatic rings. The summed E-state index contributed by atoms with van der Waals surface area (Å²) in [7, 11) is 1.50. The van der Waals surface area contributed by atoms with Gasteiger partial charge in [0.1, 0.15) is 0 Å². The first-order valence-electron chi connectivity index (χ1n) is 8.76. The topological polar surface area (TPSA) is 72.2 Å². The Hall–Kier alpha value is -2.46. The van der Waals surface area contributed by atoms with E-state index in [1.807, 2.05) is 60.7 Å². The van der Waals surface area contributed by atoms with Gasteiger partial charge in [0.2, 0.25) is 5.91 Å². The fourth-order valence-corrected chi connectivity index (χ4v) is 2.44. The zero-order valence-corrected chi connectivity index (χ0v) is 14.9. The van der Waals surface area contributed by atoms with Crippen LogP contribution < -0.4 is 11.1 Å². The maximum atomic E-state index is 11.9. The Morgan fingerprint density at radius 1 is 0.760 bits per heavy atom. The predicted molar refractivity (Wildman–Crippen MR) is 104 cm³/mol. The van der Waals surface area contributed by atoms with Crippen LogP contribution in [0.25, 0.3) is 0 Å². The molecular formula is C21H28N2O2. The van der Waals surface area contributed by atoms with E-state index in [9.17, 15) is 9.59 Å². The quantitative estimate of drug-likeness (QED) is 0.524. The van der Waals surface area contributed by atoms with Crippen LogP contribution in [0.3, 0.4) is 0 Å². The first-order valence-corrected chi connectivity index (χ1v) is 8.76. The van der Waals surface area contributed by atoms with Crippen LogP contribution in [0.4, 0.5) is 5.69 Å². The minimum Gasteiger partial charge on any atom is -0.333 e. The molecule has 0 saturated carbocycles. The summed E-state index contributed by atoms with van der Waals surface area (Å²) in [5.41, 5.74) is 6.13. The number of Topliss-reactive ketones (excluding diaryl/α,β-unsaturated/α-hetero) is 1. The molecular weight excluding hydrogens is 312 g/mol. The fourth-order valence-electron chi connectivity index (χ4n) is 2.44. The summed E-state index contributed by atoms with van der Waals surface area (Å²) in [5, 5.41) is 2.88. The lowest BCUT2D eigenvalue weighted by molar-refractivity contribution is -0.116. The van der Waals surface area contributed by atoms with Gasteiger partial charge in [0.05, 0.1) is 0 Å². The van der Waals surface area contributed by atoms with Crippen LogP contribution in [0.5, 0.6) is 0 Å². The van der Waals surface area contributed by atoms with E-state index >= 15 is 0 Å². The van der Waals surface area contributed by atoms with E-state index in [1.165, 1.54) is 7.05 Å². The van der Waals surface area contributed by atoms with Gasteiger partial charge in [-0.1, -0.05) is 61.4 Å². The Labute approximate surface area is 150 Å². The van der Waals surface area contributed by atoms with Gasteiger partial charge in [-0.05, 0) is 32.0 Å². The zero-order valence-electron chi connectivity index (χ0n) is 14.9.